The summed E-state index contributed by atoms with van der Waals surface area (Å²) >= 11 is 0. The lowest BCUT2D eigenvalue weighted by Gasteiger charge is -2.26. The van der Waals surface area contributed by atoms with Gasteiger partial charge in [-0.25, -0.2) is 4.79 Å². The average molecular weight is 301 g/mol. The van der Waals surface area contributed by atoms with Crippen molar-refractivity contribution in [1.82, 2.24) is 15.0 Å². The van der Waals surface area contributed by atoms with Crippen LogP contribution < -0.4 is 0 Å². The molecule has 0 N–H and O–H groups in total. The number of hydrogen-bond acceptors (Lipinski definition) is 6. The van der Waals surface area contributed by atoms with E-state index in [1.54, 1.807) is 12.4 Å². The maximum Gasteiger partial charge on any atom is 0.377 e. The van der Waals surface area contributed by atoms with Crippen molar-refractivity contribution < 1.29 is 14.1 Å². The maximum absolute atomic E-state index is 11.9. The number of ether oxygens (including phenoxy) is 1. The second-order valence-corrected chi connectivity index (χ2v) is 5.41. The average Bonchev–Trinajstić information content (AvgIpc) is 2.99. The Hall–Kier alpha value is -2.21. The van der Waals surface area contributed by atoms with E-state index >= 15 is 0 Å². The summed E-state index contributed by atoms with van der Waals surface area (Å²) < 4.78 is 10.1. The molecule has 6 nitrogen and oxygen atoms in total. The number of methoxy groups -OCH3 is 1. The Kier molecular flexibility index (Phi) is 4.48. The van der Waals surface area contributed by atoms with Crippen molar-refractivity contribution in [2.75, 3.05) is 20.2 Å². The van der Waals surface area contributed by atoms with E-state index in [9.17, 15) is 4.79 Å². The van der Waals surface area contributed by atoms with E-state index in [-0.39, 0.29) is 5.76 Å². The Morgan fingerprint density at radius 3 is 2.86 bits per heavy atom. The molecule has 0 bridgehead atoms. The molecule has 22 heavy (non-hydrogen) atoms. The highest BCUT2D eigenvalue weighted by atomic mass is 16.5. The lowest BCUT2D eigenvalue weighted by atomic mass is 10.1. The molecule has 1 fully saturated rings. The molecular formula is C16H19N3O3. The van der Waals surface area contributed by atoms with Gasteiger partial charge in [-0.1, -0.05) is 11.6 Å². The van der Waals surface area contributed by atoms with Gasteiger partial charge in [-0.15, -0.1) is 0 Å². The van der Waals surface area contributed by atoms with Crippen LogP contribution >= 0.6 is 0 Å². The predicted octanol–water partition coefficient (Wildman–Crippen LogP) is 2.51. The zero-order chi connectivity index (χ0) is 15.4. The molecule has 2 aromatic heterocycles. The predicted molar refractivity (Wildman–Crippen MR) is 80.2 cm³/mol. The molecular weight excluding hydrogens is 282 g/mol. The van der Waals surface area contributed by atoms with Crippen LogP contribution in [0.25, 0.3) is 11.3 Å². The summed E-state index contributed by atoms with van der Waals surface area (Å²) in [6.07, 6.45) is 7.05. The molecule has 1 aliphatic rings. The van der Waals surface area contributed by atoms with Crippen molar-refractivity contribution in [1.29, 1.82) is 0 Å². The number of nitrogens with zero attached hydrogens (tertiary/aromatic N) is 3. The molecule has 116 valence electrons. The van der Waals surface area contributed by atoms with Gasteiger partial charge in [0.15, 0.2) is 0 Å². The van der Waals surface area contributed by atoms with E-state index < -0.39 is 5.97 Å². The van der Waals surface area contributed by atoms with Crippen molar-refractivity contribution in [3.63, 3.8) is 0 Å². The maximum atomic E-state index is 11.9. The SMILES string of the molecule is COC(=O)c1onc(-c2cccnc2)c1CN1CCCCC1. The number of carbonyl (C=O) groups is 1. The van der Waals surface area contributed by atoms with Crippen molar-refractivity contribution in [2.45, 2.75) is 25.8 Å². The fourth-order valence-corrected chi connectivity index (χ4v) is 2.78. The van der Waals surface area contributed by atoms with Crippen molar-refractivity contribution in [3.8, 4) is 11.3 Å². The quantitative estimate of drug-likeness (QED) is 0.808. The second-order valence-electron chi connectivity index (χ2n) is 5.41. The van der Waals surface area contributed by atoms with Gasteiger partial charge >= 0.3 is 5.97 Å². The number of hydrogen-bond donors (Lipinski definition) is 0. The lowest BCUT2D eigenvalue weighted by molar-refractivity contribution is 0.0551. The van der Waals surface area contributed by atoms with Crippen LogP contribution in [0.1, 0.15) is 35.4 Å². The topological polar surface area (TPSA) is 68.5 Å². The fourth-order valence-electron chi connectivity index (χ4n) is 2.78. The number of piperidine rings is 1. The van der Waals surface area contributed by atoms with Crippen LogP contribution in [-0.2, 0) is 11.3 Å². The molecule has 0 amide bonds. The summed E-state index contributed by atoms with van der Waals surface area (Å²) in [7, 11) is 1.35. The van der Waals surface area contributed by atoms with Crippen molar-refractivity contribution >= 4 is 5.97 Å². The summed E-state index contributed by atoms with van der Waals surface area (Å²) in [6.45, 7) is 2.69. The molecule has 3 heterocycles. The van der Waals surface area contributed by atoms with Crippen molar-refractivity contribution in [3.05, 3.63) is 35.9 Å². The van der Waals surface area contributed by atoms with E-state index in [2.05, 4.69) is 15.0 Å². The van der Waals surface area contributed by atoms with Gasteiger partial charge in [0.2, 0.25) is 5.76 Å². The van der Waals surface area contributed by atoms with Crippen LogP contribution in [0.3, 0.4) is 0 Å². The lowest BCUT2D eigenvalue weighted by Crippen LogP contribution is -2.29. The fraction of sp³-hybridized carbons (Fsp3) is 0.438. The highest BCUT2D eigenvalue weighted by Gasteiger charge is 2.26. The number of likely N-dealkylation sites (tertiary alicyclic amines) is 1. The number of rotatable bonds is 4. The largest absolute Gasteiger partial charge is 0.463 e. The minimum atomic E-state index is -0.491. The molecule has 1 saturated heterocycles. The van der Waals surface area contributed by atoms with Gasteiger partial charge in [-0.2, -0.15) is 0 Å². The minimum Gasteiger partial charge on any atom is -0.463 e. The third kappa shape index (κ3) is 3.01. The van der Waals surface area contributed by atoms with Gasteiger partial charge in [0.25, 0.3) is 0 Å². The summed E-state index contributed by atoms with van der Waals surface area (Å²) in [5.74, 6) is -0.304. The molecule has 0 spiro atoms. The number of pyridine rings is 1. The highest BCUT2D eigenvalue weighted by molar-refractivity contribution is 5.89. The number of esters is 1. The van der Waals surface area contributed by atoms with Gasteiger partial charge < -0.3 is 9.26 Å². The van der Waals surface area contributed by atoms with Crippen LogP contribution in [0.5, 0.6) is 0 Å². The zero-order valence-corrected chi connectivity index (χ0v) is 12.6. The van der Waals surface area contributed by atoms with E-state index in [1.807, 2.05) is 12.1 Å². The van der Waals surface area contributed by atoms with Crippen LogP contribution in [-0.4, -0.2) is 41.2 Å². The zero-order valence-electron chi connectivity index (χ0n) is 12.6. The molecule has 0 aromatic carbocycles. The Balaban J connectivity index is 1.95. The summed E-state index contributed by atoms with van der Waals surface area (Å²) in [5, 5.41) is 4.08. The molecule has 6 heteroatoms. The normalized spacial score (nSPS) is 15.7. The van der Waals surface area contributed by atoms with Crippen LogP contribution in [0, 0.1) is 0 Å². The number of aromatic nitrogens is 2. The van der Waals surface area contributed by atoms with E-state index in [0.717, 1.165) is 24.2 Å². The second kappa shape index (κ2) is 6.70. The van der Waals surface area contributed by atoms with E-state index in [0.29, 0.717) is 12.2 Å². The summed E-state index contributed by atoms with van der Waals surface area (Å²) in [6, 6.07) is 3.75. The van der Waals surface area contributed by atoms with Crippen LogP contribution in [0.15, 0.2) is 29.0 Å². The standard InChI is InChI=1S/C16H19N3O3/c1-21-16(20)15-13(11-19-8-3-2-4-9-19)14(18-22-15)12-6-5-7-17-10-12/h5-7,10H,2-4,8-9,11H2,1H3. The van der Waals surface area contributed by atoms with Gasteiger partial charge in [0, 0.05) is 30.1 Å². The molecule has 1 aliphatic heterocycles. The van der Waals surface area contributed by atoms with E-state index in [1.165, 1.54) is 26.4 Å². The first-order valence-electron chi connectivity index (χ1n) is 7.49. The van der Waals surface area contributed by atoms with Crippen LogP contribution in [0.4, 0.5) is 0 Å². The van der Waals surface area contributed by atoms with E-state index in [4.69, 9.17) is 9.26 Å². The van der Waals surface area contributed by atoms with Gasteiger partial charge in [0.05, 0.1) is 7.11 Å². The Labute approximate surface area is 129 Å². The van der Waals surface area contributed by atoms with Gasteiger partial charge in [-0.05, 0) is 38.1 Å². The molecule has 0 aliphatic carbocycles. The van der Waals surface area contributed by atoms with Crippen LogP contribution in [0.2, 0.25) is 0 Å². The first-order chi connectivity index (χ1) is 10.8. The molecule has 0 unspecified atom stereocenters. The minimum absolute atomic E-state index is 0.187. The third-order valence-corrected chi connectivity index (χ3v) is 3.92. The molecule has 0 saturated carbocycles. The van der Waals surface area contributed by atoms with Crippen molar-refractivity contribution in [2.24, 2.45) is 0 Å². The number of carbonyl (C=O) groups excluding carboxylic acids is 1. The van der Waals surface area contributed by atoms with Gasteiger partial charge in [0.1, 0.15) is 5.69 Å². The Morgan fingerprint density at radius 2 is 2.18 bits per heavy atom. The first-order valence-corrected chi connectivity index (χ1v) is 7.49. The Bertz CT molecular complexity index is 633. The molecule has 0 radical (unpaired) electrons. The Morgan fingerprint density at radius 1 is 1.36 bits per heavy atom. The van der Waals surface area contributed by atoms with Gasteiger partial charge in [-0.3, -0.25) is 9.88 Å². The summed E-state index contributed by atoms with van der Waals surface area (Å²) in [4.78, 5) is 18.4. The highest BCUT2D eigenvalue weighted by Crippen LogP contribution is 2.27. The monoisotopic (exact) mass is 301 g/mol. The molecule has 2 aromatic rings. The molecule has 3 rings (SSSR count). The third-order valence-electron chi connectivity index (χ3n) is 3.92. The summed E-state index contributed by atoms with van der Waals surface area (Å²) in [5.41, 5.74) is 2.29. The smallest absolute Gasteiger partial charge is 0.377 e. The molecule has 0 atom stereocenters. The first kappa shape index (κ1) is 14.7.